The number of aliphatic hydroxyl groups is 2. The Bertz CT molecular complexity index is 367. The average Bonchev–Trinajstić information content (AvgIpc) is 2.42. The van der Waals surface area contributed by atoms with Crippen LogP contribution in [0.2, 0.25) is 0 Å². The summed E-state index contributed by atoms with van der Waals surface area (Å²) in [6.45, 7) is 16.6. The molecule has 0 unspecified atom stereocenters. The molecule has 0 radical (unpaired) electrons. The largest absolute Gasteiger partial charge is 2.00 e. The van der Waals surface area contributed by atoms with Gasteiger partial charge >= 0.3 is 19.5 Å². The minimum Gasteiger partial charge on any atom is -0.545 e. The quantitative estimate of drug-likeness (QED) is 0.240. The van der Waals surface area contributed by atoms with Crippen molar-refractivity contribution < 1.29 is 48.9 Å². The van der Waals surface area contributed by atoms with Crippen molar-refractivity contribution in [1.29, 1.82) is 0 Å². The molecule has 0 fully saturated rings. The van der Waals surface area contributed by atoms with E-state index in [1.807, 2.05) is 13.8 Å². The molecular weight excluding hydrogens is 389 g/mol. The summed E-state index contributed by atoms with van der Waals surface area (Å²) in [4.78, 5) is 36.5. The molecule has 23 heavy (non-hydrogen) atoms. The van der Waals surface area contributed by atoms with Crippen LogP contribution in [0.1, 0.15) is 41.5 Å². The molecule has 134 valence electrons. The number of carbonyl (C=O) groups excluding carboxylic acids is 4. The summed E-state index contributed by atoms with van der Waals surface area (Å²) in [6, 6.07) is 0. The van der Waals surface area contributed by atoms with E-state index in [9.17, 15) is 9.59 Å². The van der Waals surface area contributed by atoms with Crippen molar-refractivity contribution >= 4 is 25.1 Å². The Kier molecular flexibility index (Phi) is 32.6. The van der Waals surface area contributed by atoms with Gasteiger partial charge in [-0.1, -0.05) is 27.7 Å². The van der Waals surface area contributed by atoms with Gasteiger partial charge < -0.3 is 19.8 Å². The van der Waals surface area contributed by atoms with Gasteiger partial charge in [-0.15, -0.1) is 0 Å². The predicted molar refractivity (Wildman–Crippen MR) is 86.0 cm³/mol. The van der Waals surface area contributed by atoms with Gasteiger partial charge in [0.15, 0.2) is 11.6 Å². The molecule has 0 aliphatic heterocycles. The van der Waals surface area contributed by atoms with Crippen LogP contribution < -0.4 is 0 Å². The molecule has 0 aromatic rings. The van der Waals surface area contributed by atoms with Gasteiger partial charge in [-0.3, -0.25) is 23.2 Å². The summed E-state index contributed by atoms with van der Waals surface area (Å²) in [7, 11) is 0. The summed E-state index contributed by atoms with van der Waals surface area (Å²) < 4.78 is 0. The molecule has 0 amide bonds. The Balaban J connectivity index is -0.0000000743. The number of rotatable bonds is 4. The van der Waals surface area contributed by atoms with Crippen molar-refractivity contribution in [3.8, 4) is 0 Å². The number of hydrogen-bond acceptors (Lipinski definition) is 6. The monoisotopic (exact) mass is 416 g/mol. The van der Waals surface area contributed by atoms with E-state index in [4.69, 9.17) is 19.8 Å². The maximum atomic E-state index is 10.7. The van der Waals surface area contributed by atoms with Crippen LogP contribution in [0.5, 0.6) is 0 Å². The molecule has 0 aromatic heterocycles. The third-order valence-corrected chi connectivity index (χ3v) is 1.86. The van der Waals surface area contributed by atoms with Gasteiger partial charge in [0.1, 0.15) is 0 Å². The minimum absolute atomic E-state index is 0. The van der Waals surface area contributed by atoms with E-state index in [0.29, 0.717) is 0 Å². The molecular formula is C16H26O6Ru. The van der Waals surface area contributed by atoms with Gasteiger partial charge in [-0.2, -0.15) is 0 Å². The second kappa shape index (κ2) is 22.7. The maximum Gasteiger partial charge on any atom is 2.00 e. The number of allylic oxidation sites excluding steroid dienone is 4. The SMILES string of the molecule is C/C(O)=C/C(=O)C(C)C.CC(=O)/C=C(\O)C(C)C.[CH-]=O.[CH-]=O.[Ru+2]. The Labute approximate surface area is 151 Å². The van der Waals surface area contributed by atoms with Gasteiger partial charge in [0, 0.05) is 24.0 Å². The Morgan fingerprint density at radius 3 is 1.26 bits per heavy atom. The van der Waals surface area contributed by atoms with Crippen molar-refractivity contribution in [3.05, 3.63) is 23.7 Å². The van der Waals surface area contributed by atoms with Gasteiger partial charge in [0.05, 0.1) is 11.5 Å². The number of ketones is 2. The number of hydrogen-bond donors (Lipinski definition) is 2. The predicted octanol–water partition coefficient (Wildman–Crippen LogP) is 2.80. The van der Waals surface area contributed by atoms with Crippen LogP contribution in [0, 0.1) is 11.8 Å². The van der Waals surface area contributed by atoms with Crippen molar-refractivity contribution in [2.45, 2.75) is 41.5 Å². The van der Waals surface area contributed by atoms with E-state index in [0.717, 1.165) is 0 Å². The van der Waals surface area contributed by atoms with E-state index < -0.39 is 0 Å². The van der Waals surface area contributed by atoms with E-state index in [2.05, 4.69) is 13.6 Å². The Morgan fingerprint density at radius 1 is 0.826 bits per heavy atom. The summed E-state index contributed by atoms with van der Waals surface area (Å²) in [5, 5.41) is 17.5. The van der Waals surface area contributed by atoms with Gasteiger partial charge in [-0.25, -0.2) is 0 Å². The molecule has 0 saturated heterocycles. The molecule has 0 heterocycles. The molecule has 2 N–H and O–H groups in total. The van der Waals surface area contributed by atoms with Crippen LogP contribution in [0.25, 0.3) is 0 Å². The van der Waals surface area contributed by atoms with Gasteiger partial charge in [0.25, 0.3) is 0 Å². The molecule has 0 spiro atoms. The first-order valence-corrected chi connectivity index (χ1v) is 6.37. The number of carbonyl (C=O) groups is 2. The number of aliphatic hydroxyl groups excluding tert-OH is 2. The van der Waals surface area contributed by atoms with Crippen LogP contribution >= 0.6 is 0 Å². The summed E-state index contributed by atoms with van der Waals surface area (Å²) in [5.41, 5.74) is 0. The zero-order chi connectivity index (χ0) is 18.9. The van der Waals surface area contributed by atoms with E-state index in [-0.39, 0.29) is 54.4 Å². The van der Waals surface area contributed by atoms with Gasteiger partial charge in [-0.05, 0) is 13.8 Å². The van der Waals surface area contributed by atoms with Crippen LogP contribution in [-0.2, 0) is 38.7 Å². The van der Waals surface area contributed by atoms with Crippen LogP contribution in [-0.4, -0.2) is 35.4 Å². The zero-order valence-electron chi connectivity index (χ0n) is 14.3. The summed E-state index contributed by atoms with van der Waals surface area (Å²) in [6.07, 6.45) is 2.48. The molecule has 7 heteroatoms. The molecule has 0 rings (SSSR count). The molecule has 0 saturated carbocycles. The fraction of sp³-hybridized carbons (Fsp3) is 0.500. The normalized spacial score (nSPS) is 9.91. The van der Waals surface area contributed by atoms with E-state index >= 15 is 0 Å². The van der Waals surface area contributed by atoms with Gasteiger partial charge in [0.2, 0.25) is 0 Å². The molecule has 0 aromatic carbocycles. The van der Waals surface area contributed by atoms with E-state index in [1.54, 1.807) is 13.8 Å². The van der Waals surface area contributed by atoms with Crippen molar-refractivity contribution in [2.75, 3.05) is 0 Å². The fourth-order valence-corrected chi connectivity index (χ4v) is 0.747. The molecule has 6 nitrogen and oxygen atoms in total. The third kappa shape index (κ3) is 33.3. The van der Waals surface area contributed by atoms with Crippen molar-refractivity contribution in [3.63, 3.8) is 0 Å². The van der Waals surface area contributed by atoms with Crippen LogP contribution in [0.3, 0.4) is 0 Å². The van der Waals surface area contributed by atoms with E-state index in [1.165, 1.54) is 26.0 Å². The van der Waals surface area contributed by atoms with Crippen LogP contribution in [0.4, 0.5) is 0 Å². The first kappa shape index (κ1) is 33.1. The van der Waals surface area contributed by atoms with Crippen molar-refractivity contribution in [1.82, 2.24) is 0 Å². The standard InChI is InChI=1S/2C7H12O2.2CHO.Ru/c2*1-5(2)7(9)4-6(3)8;2*1-2;/h4-5,9H,1-3H3;4-5,8H,1-3H3;2*1H;/q;;2*-1;+2/b7-4-;6-4-;;;. The zero-order valence-corrected chi connectivity index (χ0v) is 16.1. The molecule has 0 bridgehead atoms. The maximum absolute atomic E-state index is 10.7. The second-order valence-electron chi connectivity index (χ2n) is 4.68. The summed E-state index contributed by atoms with van der Waals surface area (Å²) >= 11 is 0. The fourth-order valence-electron chi connectivity index (χ4n) is 0.747. The molecule has 0 aliphatic carbocycles. The summed E-state index contributed by atoms with van der Waals surface area (Å²) in [5.74, 6) is 0.119. The topological polar surface area (TPSA) is 109 Å². The minimum atomic E-state index is -0.110. The molecule has 0 aliphatic rings. The second-order valence-corrected chi connectivity index (χ2v) is 4.68. The first-order valence-electron chi connectivity index (χ1n) is 6.37. The van der Waals surface area contributed by atoms with Crippen LogP contribution in [0.15, 0.2) is 23.7 Å². The first-order chi connectivity index (χ1) is 10.1. The smallest absolute Gasteiger partial charge is 0.545 e. The molecule has 0 atom stereocenters. The Morgan fingerprint density at radius 2 is 1.17 bits per heavy atom. The third-order valence-electron chi connectivity index (χ3n) is 1.86. The van der Waals surface area contributed by atoms with Crippen molar-refractivity contribution in [2.24, 2.45) is 11.8 Å². The average molecular weight is 415 g/mol. The Hall–Kier alpha value is -1.62.